The van der Waals surface area contributed by atoms with E-state index in [4.69, 9.17) is 9.47 Å². The van der Waals surface area contributed by atoms with Gasteiger partial charge in [0, 0.05) is 12.8 Å². The van der Waals surface area contributed by atoms with Crippen molar-refractivity contribution in [2.45, 2.75) is 155 Å². The van der Waals surface area contributed by atoms with E-state index >= 15 is 0 Å². The van der Waals surface area contributed by atoms with Crippen molar-refractivity contribution in [1.29, 1.82) is 0 Å². The Hall–Kier alpha value is -1.32. The topological polar surface area (TPSA) is 52.6 Å². The van der Waals surface area contributed by atoms with Crippen LogP contribution in [0.3, 0.4) is 0 Å². The fourth-order valence-electron chi connectivity index (χ4n) is 3.93. The zero-order valence-electron chi connectivity index (χ0n) is 22.8. The standard InChI is InChI=1S/C30H56O4/c1-3-5-23-27-33-29(31)25-21-19-17-15-13-11-9-7-8-10-12-14-16-18-20-22-26-30(32)34-28-24-6-4-2/h9,11H,3-8,10,12-28H2,1-2H3/b11-9+. The van der Waals surface area contributed by atoms with Gasteiger partial charge in [-0.1, -0.05) is 103 Å². The Labute approximate surface area is 211 Å². The predicted molar refractivity (Wildman–Crippen MR) is 144 cm³/mol. The Kier molecular flexibility index (Phi) is 26.8. The number of unbranched alkanes of at least 4 members (excludes halogenated alkanes) is 16. The Balaban J connectivity index is 3.23. The van der Waals surface area contributed by atoms with Crippen molar-refractivity contribution in [3.05, 3.63) is 12.2 Å². The first kappa shape index (κ1) is 32.7. The van der Waals surface area contributed by atoms with Crippen molar-refractivity contribution >= 4 is 11.9 Å². The van der Waals surface area contributed by atoms with Crippen LogP contribution in [0.25, 0.3) is 0 Å². The summed E-state index contributed by atoms with van der Waals surface area (Å²) in [5.41, 5.74) is 0. The van der Waals surface area contributed by atoms with E-state index in [1.165, 1.54) is 57.8 Å². The lowest BCUT2D eigenvalue weighted by atomic mass is 10.1. The number of carbonyl (C=O) groups excluding carboxylic acids is 2. The second kappa shape index (κ2) is 27.9. The van der Waals surface area contributed by atoms with Crippen molar-refractivity contribution in [1.82, 2.24) is 0 Å². The van der Waals surface area contributed by atoms with Crippen LogP contribution in [0.4, 0.5) is 0 Å². The van der Waals surface area contributed by atoms with Gasteiger partial charge >= 0.3 is 11.9 Å². The van der Waals surface area contributed by atoms with Crippen LogP contribution in [0.5, 0.6) is 0 Å². The number of hydrogen-bond donors (Lipinski definition) is 0. The number of allylic oxidation sites excluding steroid dienone is 2. The molecule has 4 heteroatoms. The maximum absolute atomic E-state index is 11.6. The van der Waals surface area contributed by atoms with Crippen LogP contribution in [0, 0.1) is 0 Å². The van der Waals surface area contributed by atoms with Crippen LogP contribution in [0.15, 0.2) is 12.2 Å². The molecule has 0 unspecified atom stereocenters. The van der Waals surface area contributed by atoms with E-state index in [1.807, 2.05) is 0 Å². The summed E-state index contributed by atoms with van der Waals surface area (Å²) < 4.78 is 10.5. The molecule has 0 saturated carbocycles. The molecule has 0 N–H and O–H groups in total. The Morgan fingerprint density at radius 2 is 0.824 bits per heavy atom. The molecule has 0 aliphatic carbocycles. The molecule has 0 rings (SSSR count). The number of carbonyl (C=O) groups is 2. The molecule has 0 spiro atoms. The fraction of sp³-hybridized carbons (Fsp3) is 0.867. The summed E-state index contributed by atoms with van der Waals surface area (Å²) in [5, 5.41) is 0. The second-order valence-corrected chi connectivity index (χ2v) is 9.65. The molecule has 0 amide bonds. The van der Waals surface area contributed by atoms with Gasteiger partial charge in [-0.05, 0) is 51.4 Å². The Morgan fingerprint density at radius 3 is 1.21 bits per heavy atom. The largest absolute Gasteiger partial charge is 0.466 e. The molecule has 0 radical (unpaired) electrons. The third kappa shape index (κ3) is 26.9. The number of rotatable bonds is 26. The third-order valence-electron chi connectivity index (χ3n) is 6.19. The minimum Gasteiger partial charge on any atom is -0.466 e. The smallest absolute Gasteiger partial charge is 0.305 e. The highest BCUT2D eigenvalue weighted by Crippen LogP contribution is 2.12. The van der Waals surface area contributed by atoms with Gasteiger partial charge in [0.05, 0.1) is 13.2 Å². The first-order chi connectivity index (χ1) is 16.7. The van der Waals surface area contributed by atoms with Gasteiger partial charge in [0.2, 0.25) is 0 Å². The van der Waals surface area contributed by atoms with Crippen LogP contribution in [-0.4, -0.2) is 25.2 Å². The van der Waals surface area contributed by atoms with Gasteiger partial charge in [-0.15, -0.1) is 0 Å². The SMILES string of the molecule is CCCCCOC(=O)CCCCCC/C=C/CCCCCCCCCCC(=O)OCCCCC. The lowest BCUT2D eigenvalue weighted by Crippen LogP contribution is -2.05. The zero-order chi connectivity index (χ0) is 25.0. The molecule has 0 atom stereocenters. The second-order valence-electron chi connectivity index (χ2n) is 9.65. The van der Waals surface area contributed by atoms with E-state index in [1.54, 1.807) is 0 Å². The van der Waals surface area contributed by atoms with Gasteiger partial charge in [0.15, 0.2) is 0 Å². The molecule has 0 fully saturated rings. The van der Waals surface area contributed by atoms with E-state index in [0.29, 0.717) is 26.1 Å². The highest BCUT2D eigenvalue weighted by atomic mass is 16.5. The Morgan fingerprint density at radius 1 is 0.471 bits per heavy atom. The lowest BCUT2D eigenvalue weighted by molar-refractivity contribution is -0.144. The molecule has 200 valence electrons. The fourth-order valence-corrected chi connectivity index (χ4v) is 3.93. The van der Waals surface area contributed by atoms with Crippen molar-refractivity contribution < 1.29 is 19.1 Å². The summed E-state index contributed by atoms with van der Waals surface area (Å²) in [6, 6.07) is 0. The lowest BCUT2D eigenvalue weighted by Gasteiger charge is -2.04. The summed E-state index contributed by atoms with van der Waals surface area (Å²) in [6.45, 7) is 5.50. The highest BCUT2D eigenvalue weighted by molar-refractivity contribution is 5.69. The summed E-state index contributed by atoms with van der Waals surface area (Å²) in [6.07, 6.45) is 29.2. The monoisotopic (exact) mass is 480 g/mol. The van der Waals surface area contributed by atoms with Crippen LogP contribution >= 0.6 is 0 Å². The minimum absolute atomic E-state index is 0.0146. The maximum Gasteiger partial charge on any atom is 0.305 e. The summed E-state index contributed by atoms with van der Waals surface area (Å²) >= 11 is 0. The van der Waals surface area contributed by atoms with E-state index < -0.39 is 0 Å². The van der Waals surface area contributed by atoms with Gasteiger partial charge in [-0.3, -0.25) is 9.59 Å². The van der Waals surface area contributed by atoms with E-state index in [2.05, 4.69) is 26.0 Å². The van der Waals surface area contributed by atoms with E-state index in [9.17, 15) is 9.59 Å². The molecular weight excluding hydrogens is 424 g/mol. The van der Waals surface area contributed by atoms with Gasteiger partial charge in [-0.25, -0.2) is 0 Å². The average molecular weight is 481 g/mol. The number of ether oxygens (including phenoxy) is 2. The van der Waals surface area contributed by atoms with Crippen LogP contribution in [-0.2, 0) is 19.1 Å². The van der Waals surface area contributed by atoms with Gasteiger partial charge in [-0.2, -0.15) is 0 Å². The van der Waals surface area contributed by atoms with Crippen LogP contribution in [0.1, 0.15) is 155 Å². The van der Waals surface area contributed by atoms with Crippen LogP contribution in [0.2, 0.25) is 0 Å². The average Bonchev–Trinajstić information content (AvgIpc) is 2.83. The third-order valence-corrected chi connectivity index (χ3v) is 6.19. The molecule has 34 heavy (non-hydrogen) atoms. The molecule has 0 saturated heterocycles. The molecule has 0 aliphatic rings. The van der Waals surface area contributed by atoms with E-state index in [0.717, 1.165) is 70.6 Å². The maximum atomic E-state index is 11.6. The minimum atomic E-state index is -0.0221. The predicted octanol–water partition coefficient (Wildman–Crippen LogP) is 9.25. The molecule has 0 aliphatic heterocycles. The number of hydrogen-bond acceptors (Lipinski definition) is 4. The van der Waals surface area contributed by atoms with E-state index in [-0.39, 0.29) is 11.9 Å². The Bertz CT molecular complexity index is 472. The zero-order valence-corrected chi connectivity index (χ0v) is 22.8. The summed E-state index contributed by atoms with van der Waals surface area (Å²) in [5.74, 6) is -0.0367. The first-order valence-corrected chi connectivity index (χ1v) is 14.7. The van der Waals surface area contributed by atoms with Crippen molar-refractivity contribution in [3.8, 4) is 0 Å². The molecule has 0 aromatic carbocycles. The van der Waals surface area contributed by atoms with Crippen molar-refractivity contribution in [3.63, 3.8) is 0 Å². The summed E-state index contributed by atoms with van der Waals surface area (Å²) in [7, 11) is 0. The number of esters is 2. The van der Waals surface area contributed by atoms with Gasteiger partial charge < -0.3 is 9.47 Å². The first-order valence-electron chi connectivity index (χ1n) is 14.7. The van der Waals surface area contributed by atoms with Gasteiger partial charge in [0.25, 0.3) is 0 Å². The van der Waals surface area contributed by atoms with Crippen LogP contribution < -0.4 is 0 Å². The van der Waals surface area contributed by atoms with Crippen molar-refractivity contribution in [2.75, 3.05) is 13.2 Å². The highest BCUT2D eigenvalue weighted by Gasteiger charge is 2.03. The van der Waals surface area contributed by atoms with Gasteiger partial charge in [0.1, 0.15) is 0 Å². The molecule has 0 aromatic rings. The normalized spacial score (nSPS) is 11.2. The molecular formula is C30H56O4. The quantitative estimate of drug-likeness (QED) is 0.0703. The molecule has 0 aromatic heterocycles. The van der Waals surface area contributed by atoms with Crippen molar-refractivity contribution in [2.24, 2.45) is 0 Å². The molecule has 0 bridgehead atoms. The molecule has 4 nitrogen and oxygen atoms in total. The molecule has 0 heterocycles. The summed E-state index contributed by atoms with van der Waals surface area (Å²) in [4.78, 5) is 23.2.